The molecule has 2 aliphatic rings. The van der Waals surface area contributed by atoms with E-state index in [1.165, 1.54) is 25.7 Å². The summed E-state index contributed by atoms with van der Waals surface area (Å²) in [5, 5.41) is 0. The van der Waals surface area contributed by atoms with Gasteiger partial charge in [0.1, 0.15) is 0 Å². The summed E-state index contributed by atoms with van der Waals surface area (Å²) in [6, 6.07) is 0.215. The minimum Gasteiger partial charge on any atom is -0.212 e. The molecule has 1 atom stereocenters. The Kier molecular flexibility index (Phi) is 3.82. The van der Waals surface area contributed by atoms with Crippen molar-refractivity contribution in [2.45, 2.75) is 38.6 Å². The van der Waals surface area contributed by atoms with Gasteiger partial charge in [-0.05, 0) is 43.4 Å². The second-order valence-electron chi connectivity index (χ2n) is 5.36. The van der Waals surface area contributed by atoms with Crippen LogP contribution in [-0.2, 0) is 10.0 Å². The fourth-order valence-electron chi connectivity index (χ4n) is 2.16. The zero-order chi connectivity index (χ0) is 11.8. The molecular weight excluding hydrogens is 246 g/mol. The summed E-state index contributed by atoms with van der Waals surface area (Å²) in [5.41, 5.74) is 0. The first kappa shape index (κ1) is 12.7. The maximum atomic E-state index is 11.9. The van der Waals surface area contributed by atoms with Crippen LogP contribution in [0.4, 0.5) is 0 Å². The lowest BCUT2D eigenvalue weighted by atomic mass is 10.1. The summed E-state index contributed by atoms with van der Waals surface area (Å²) in [5.74, 6) is 1.80. The van der Waals surface area contributed by atoms with E-state index >= 15 is 0 Å². The zero-order valence-corrected chi connectivity index (χ0v) is 11.2. The molecule has 0 heterocycles. The van der Waals surface area contributed by atoms with Gasteiger partial charge in [0.25, 0.3) is 0 Å². The molecule has 2 rings (SSSR count). The van der Waals surface area contributed by atoms with Crippen LogP contribution in [0.2, 0.25) is 0 Å². The molecule has 5 heteroatoms. The molecule has 2 aliphatic carbocycles. The summed E-state index contributed by atoms with van der Waals surface area (Å²) in [6.45, 7) is 1.87. The van der Waals surface area contributed by atoms with Crippen LogP contribution < -0.4 is 4.72 Å². The molecule has 0 aromatic rings. The Bertz CT molecular complexity index is 324. The number of rotatable bonds is 7. The summed E-state index contributed by atoms with van der Waals surface area (Å²) in [7, 11) is -3.14. The molecule has 0 amide bonds. The number of hydrogen-bond acceptors (Lipinski definition) is 2. The average molecular weight is 266 g/mol. The molecule has 0 saturated heterocycles. The zero-order valence-electron chi connectivity index (χ0n) is 9.65. The van der Waals surface area contributed by atoms with Gasteiger partial charge in [-0.15, -0.1) is 11.6 Å². The molecule has 0 bridgehead atoms. The van der Waals surface area contributed by atoms with Crippen LogP contribution in [0.25, 0.3) is 0 Å². The van der Waals surface area contributed by atoms with Crippen LogP contribution in [0.5, 0.6) is 0 Å². The topological polar surface area (TPSA) is 46.2 Å². The van der Waals surface area contributed by atoms with Gasteiger partial charge in [0.15, 0.2) is 0 Å². The van der Waals surface area contributed by atoms with Crippen LogP contribution in [-0.4, -0.2) is 26.1 Å². The molecule has 16 heavy (non-hydrogen) atoms. The molecule has 2 fully saturated rings. The van der Waals surface area contributed by atoms with Gasteiger partial charge in [-0.3, -0.25) is 0 Å². The average Bonchev–Trinajstić information content (AvgIpc) is 3.03. The van der Waals surface area contributed by atoms with E-state index in [0.29, 0.717) is 17.7 Å². The quantitative estimate of drug-likeness (QED) is 0.716. The van der Waals surface area contributed by atoms with Crippen molar-refractivity contribution in [3.05, 3.63) is 0 Å². The second kappa shape index (κ2) is 4.83. The van der Waals surface area contributed by atoms with Gasteiger partial charge >= 0.3 is 0 Å². The van der Waals surface area contributed by atoms with Crippen molar-refractivity contribution in [3.63, 3.8) is 0 Å². The third-order valence-corrected chi connectivity index (χ3v) is 5.51. The van der Waals surface area contributed by atoms with E-state index in [9.17, 15) is 8.42 Å². The molecule has 0 aromatic heterocycles. The lowest BCUT2D eigenvalue weighted by Crippen LogP contribution is -2.40. The third kappa shape index (κ3) is 3.60. The molecule has 0 aliphatic heterocycles. The fraction of sp³-hybridized carbons (Fsp3) is 1.00. The first-order valence-corrected chi connectivity index (χ1v) is 8.26. The highest BCUT2D eigenvalue weighted by molar-refractivity contribution is 7.89. The highest BCUT2D eigenvalue weighted by atomic mass is 35.5. The van der Waals surface area contributed by atoms with E-state index in [1.807, 2.05) is 6.92 Å². The highest BCUT2D eigenvalue weighted by Crippen LogP contribution is 2.44. The summed E-state index contributed by atoms with van der Waals surface area (Å²) < 4.78 is 26.7. The number of sulfonamides is 1. The Hall–Kier alpha value is 0.200. The minimum absolute atomic E-state index is 0.0261. The Balaban J connectivity index is 1.90. The highest BCUT2D eigenvalue weighted by Gasteiger charge is 2.43. The predicted octanol–water partition coefficient (Wildman–Crippen LogP) is 1.97. The van der Waals surface area contributed by atoms with Gasteiger partial charge in [-0.2, -0.15) is 0 Å². The Morgan fingerprint density at radius 2 is 1.75 bits per heavy atom. The van der Waals surface area contributed by atoms with Crippen LogP contribution in [0, 0.1) is 17.8 Å². The minimum atomic E-state index is -3.14. The van der Waals surface area contributed by atoms with E-state index in [4.69, 9.17) is 11.6 Å². The van der Waals surface area contributed by atoms with Gasteiger partial charge < -0.3 is 0 Å². The van der Waals surface area contributed by atoms with E-state index in [-0.39, 0.29) is 17.7 Å². The molecular formula is C11H20ClNO2S. The molecule has 0 aromatic carbocycles. The smallest absolute Gasteiger partial charge is 0.212 e. The van der Waals surface area contributed by atoms with E-state index in [2.05, 4.69) is 4.72 Å². The maximum Gasteiger partial charge on any atom is 0.212 e. The van der Waals surface area contributed by atoms with Crippen molar-refractivity contribution in [1.82, 2.24) is 4.72 Å². The lowest BCUT2D eigenvalue weighted by molar-refractivity contribution is 0.468. The van der Waals surface area contributed by atoms with Gasteiger partial charge in [0.05, 0.1) is 5.75 Å². The molecule has 94 valence electrons. The van der Waals surface area contributed by atoms with E-state index < -0.39 is 10.0 Å². The van der Waals surface area contributed by atoms with Gasteiger partial charge in [0.2, 0.25) is 10.0 Å². The van der Waals surface area contributed by atoms with Crippen LogP contribution in [0.3, 0.4) is 0 Å². The molecule has 3 nitrogen and oxygen atoms in total. The molecule has 2 saturated carbocycles. The number of alkyl halides is 1. The van der Waals surface area contributed by atoms with Crippen molar-refractivity contribution < 1.29 is 8.42 Å². The van der Waals surface area contributed by atoms with E-state index in [0.717, 1.165) is 0 Å². The predicted molar refractivity (Wildman–Crippen MR) is 66.0 cm³/mol. The largest absolute Gasteiger partial charge is 0.212 e. The van der Waals surface area contributed by atoms with Gasteiger partial charge in [-0.1, -0.05) is 6.92 Å². The number of nitrogens with one attached hydrogen (secondary N) is 1. The summed E-state index contributed by atoms with van der Waals surface area (Å²) in [4.78, 5) is 0. The third-order valence-electron chi connectivity index (χ3n) is 3.34. The monoisotopic (exact) mass is 265 g/mol. The van der Waals surface area contributed by atoms with Crippen LogP contribution >= 0.6 is 11.6 Å². The standard InChI is InChI=1S/C11H20ClNO2S/c1-8(6-12)7-16(14,15)13-11(9-2-3-9)10-4-5-10/h8-11,13H,2-7H2,1H3. The van der Waals surface area contributed by atoms with Crippen LogP contribution in [0.15, 0.2) is 0 Å². The summed E-state index contributed by atoms with van der Waals surface area (Å²) in [6.07, 6.45) is 4.76. The van der Waals surface area contributed by atoms with Gasteiger partial charge in [0, 0.05) is 11.9 Å². The van der Waals surface area contributed by atoms with E-state index in [1.54, 1.807) is 0 Å². The van der Waals surface area contributed by atoms with Crippen molar-refractivity contribution in [2.24, 2.45) is 17.8 Å². The van der Waals surface area contributed by atoms with Crippen molar-refractivity contribution in [1.29, 1.82) is 0 Å². The van der Waals surface area contributed by atoms with Crippen molar-refractivity contribution >= 4 is 21.6 Å². The first-order valence-electron chi connectivity index (χ1n) is 6.08. The Morgan fingerprint density at radius 3 is 2.12 bits per heavy atom. The molecule has 0 radical (unpaired) electrons. The fourth-order valence-corrected chi connectivity index (χ4v) is 4.16. The normalized spacial score (nSPS) is 23.7. The van der Waals surface area contributed by atoms with Crippen molar-refractivity contribution in [3.8, 4) is 0 Å². The SMILES string of the molecule is CC(CCl)CS(=O)(=O)NC(C1CC1)C1CC1. The maximum absolute atomic E-state index is 11.9. The number of halogens is 1. The molecule has 1 unspecified atom stereocenters. The second-order valence-corrected chi connectivity index (χ2v) is 7.47. The number of hydrogen-bond donors (Lipinski definition) is 1. The molecule has 0 spiro atoms. The van der Waals surface area contributed by atoms with Gasteiger partial charge in [-0.25, -0.2) is 13.1 Å². The summed E-state index contributed by atoms with van der Waals surface area (Å²) >= 11 is 5.65. The van der Waals surface area contributed by atoms with Crippen LogP contribution in [0.1, 0.15) is 32.6 Å². The first-order chi connectivity index (χ1) is 7.52. The Morgan fingerprint density at radius 1 is 1.25 bits per heavy atom. The van der Waals surface area contributed by atoms with Crippen molar-refractivity contribution in [2.75, 3.05) is 11.6 Å². The lowest BCUT2D eigenvalue weighted by Gasteiger charge is -2.18. The molecule has 1 N–H and O–H groups in total. The Labute approximate surface area is 103 Å².